The summed E-state index contributed by atoms with van der Waals surface area (Å²) in [4.78, 5) is 5.04. The summed E-state index contributed by atoms with van der Waals surface area (Å²) >= 11 is 0.494. The van der Waals surface area contributed by atoms with Crippen molar-refractivity contribution in [2.75, 3.05) is 0 Å². The van der Waals surface area contributed by atoms with Crippen molar-refractivity contribution >= 4 is 19.7 Å². The van der Waals surface area contributed by atoms with E-state index < -0.39 is 0 Å². The SMILES string of the molecule is CCC1[Se]C(N)=NC1C. The second kappa shape index (κ2) is 2.72. The maximum atomic E-state index is 5.57. The molecular weight excluding hydrogens is 179 g/mol. The van der Waals surface area contributed by atoms with Crippen LogP contribution in [0, 0.1) is 0 Å². The van der Waals surface area contributed by atoms with Crippen molar-refractivity contribution in [1.29, 1.82) is 0 Å². The molecule has 3 heteroatoms. The molecule has 1 heterocycles. The van der Waals surface area contributed by atoms with Gasteiger partial charge in [0, 0.05) is 0 Å². The van der Waals surface area contributed by atoms with Crippen LogP contribution in [-0.2, 0) is 0 Å². The normalized spacial score (nSPS) is 34.7. The standard InChI is InChI=1S/C6H12N2Se/c1-3-5-4(2)8-6(7)9-5/h4-5H,3H2,1-2H3,(H2,7,8). The average molecular weight is 191 g/mol. The van der Waals surface area contributed by atoms with Gasteiger partial charge in [-0.1, -0.05) is 0 Å². The Hall–Kier alpha value is -0.0105. The number of hydrogen-bond donors (Lipinski definition) is 1. The Bertz CT molecular complexity index is 133. The molecule has 0 aromatic heterocycles. The van der Waals surface area contributed by atoms with Crippen LogP contribution >= 0.6 is 0 Å². The molecule has 1 aliphatic heterocycles. The first kappa shape index (κ1) is 7.10. The molecule has 2 unspecified atom stereocenters. The fourth-order valence-electron chi connectivity index (χ4n) is 0.992. The van der Waals surface area contributed by atoms with Crippen molar-refractivity contribution < 1.29 is 0 Å². The van der Waals surface area contributed by atoms with Crippen LogP contribution in [-0.4, -0.2) is 25.7 Å². The Morgan fingerprint density at radius 1 is 1.78 bits per heavy atom. The molecule has 0 aromatic carbocycles. The number of nitrogens with zero attached hydrogens (tertiary/aromatic N) is 1. The molecule has 0 saturated carbocycles. The van der Waals surface area contributed by atoms with Gasteiger partial charge in [0.2, 0.25) is 0 Å². The Morgan fingerprint density at radius 2 is 2.44 bits per heavy atom. The van der Waals surface area contributed by atoms with Gasteiger partial charge in [-0.3, -0.25) is 0 Å². The number of hydrogen-bond acceptors (Lipinski definition) is 2. The summed E-state index contributed by atoms with van der Waals surface area (Å²) in [6.45, 7) is 4.35. The third kappa shape index (κ3) is 1.46. The topological polar surface area (TPSA) is 38.4 Å². The number of nitrogens with two attached hydrogens (primary N) is 1. The van der Waals surface area contributed by atoms with Crippen LogP contribution < -0.4 is 5.73 Å². The molecular formula is C6H12N2Se. The van der Waals surface area contributed by atoms with E-state index in [1.54, 1.807) is 0 Å². The van der Waals surface area contributed by atoms with Gasteiger partial charge in [0.15, 0.2) is 0 Å². The van der Waals surface area contributed by atoms with Crippen molar-refractivity contribution in [3.63, 3.8) is 0 Å². The van der Waals surface area contributed by atoms with Gasteiger partial charge in [-0.25, -0.2) is 0 Å². The van der Waals surface area contributed by atoms with Crippen LogP contribution in [0.5, 0.6) is 0 Å². The molecule has 0 amide bonds. The van der Waals surface area contributed by atoms with Crippen molar-refractivity contribution in [3.8, 4) is 0 Å². The zero-order valence-electron chi connectivity index (χ0n) is 5.79. The molecule has 1 rings (SSSR count). The molecule has 0 fully saturated rings. The van der Waals surface area contributed by atoms with E-state index in [2.05, 4.69) is 18.8 Å². The molecule has 2 nitrogen and oxygen atoms in total. The molecule has 2 N–H and O–H groups in total. The minimum atomic E-state index is 0.494. The van der Waals surface area contributed by atoms with E-state index in [1.807, 2.05) is 0 Å². The van der Waals surface area contributed by atoms with Crippen LogP contribution in [0.2, 0.25) is 4.82 Å². The Kier molecular flexibility index (Phi) is 2.14. The number of rotatable bonds is 1. The molecule has 1 aliphatic rings. The summed E-state index contributed by atoms with van der Waals surface area (Å²) < 4.78 is 0.904. The van der Waals surface area contributed by atoms with Crippen molar-refractivity contribution in [2.45, 2.75) is 31.1 Å². The first-order valence-corrected chi connectivity index (χ1v) is 5.08. The van der Waals surface area contributed by atoms with E-state index in [0.29, 0.717) is 21.0 Å². The van der Waals surface area contributed by atoms with Crippen LogP contribution in [0.3, 0.4) is 0 Å². The van der Waals surface area contributed by atoms with Gasteiger partial charge in [-0.15, -0.1) is 0 Å². The Labute approximate surface area is 62.1 Å². The molecule has 9 heavy (non-hydrogen) atoms. The fraction of sp³-hybridized carbons (Fsp3) is 0.833. The van der Waals surface area contributed by atoms with E-state index in [4.69, 9.17) is 5.73 Å². The molecule has 0 spiro atoms. The zero-order valence-corrected chi connectivity index (χ0v) is 7.51. The molecule has 0 aromatic rings. The summed E-state index contributed by atoms with van der Waals surface area (Å²) in [5.74, 6) is 0. The zero-order chi connectivity index (χ0) is 6.85. The third-order valence-electron chi connectivity index (χ3n) is 1.54. The second-order valence-electron chi connectivity index (χ2n) is 2.27. The predicted molar refractivity (Wildman–Crippen MR) is 40.9 cm³/mol. The van der Waals surface area contributed by atoms with E-state index in [0.717, 1.165) is 9.55 Å². The summed E-state index contributed by atoms with van der Waals surface area (Å²) in [6.07, 6.45) is 1.23. The van der Waals surface area contributed by atoms with Gasteiger partial charge in [0.05, 0.1) is 0 Å². The fourth-order valence-corrected chi connectivity index (χ4v) is 3.01. The van der Waals surface area contributed by atoms with E-state index in [-0.39, 0.29) is 0 Å². The minimum absolute atomic E-state index is 0.494. The molecule has 0 saturated heterocycles. The van der Waals surface area contributed by atoms with Crippen LogP contribution in [0.4, 0.5) is 0 Å². The molecule has 0 aliphatic carbocycles. The van der Waals surface area contributed by atoms with Crippen molar-refractivity contribution in [2.24, 2.45) is 10.7 Å². The molecule has 2 atom stereocenters. The summed E-state index contributed by atoms with van der Waals surface area (Å²) in [5.41, 5.74) is 5.57. The Balaban J connectivity index is 2.49. The Morgan fingerprint density at radius 3 is 2.67 bits per heavy atom. The molecule has 0 radical (unpaired) electrons. The van der Waals surface area contributed by atoms with E-state index >= 15 is 0 Å². The number of aliphatic imine (C=N–C) groups is 1. The first-order chi connectivity index (χ1) is 4.24. The van der Waals surface area contributed by atoms with Gasteiger partial charge in [0.25, 0.3) is 0 Å². The molecule has 0 bridgehead atoms. The van der Waals surface area contributed by atoms with E-state index in [9.17, 15) is 0 Å². The number of amidine groups is 1. The second-order valence-corrected chi connectivity index (χ2v) is 4.91. The van der Waals surface area contributed by atoms with Gasteiger partial charge >= 0.3 is 61.5 Å². The van der Waals surface area contributed by atoms with Crippen LogP contribution in [0.15, 0.2) is 4.99 Å². The first-order valence-electron chi connectivity index (χ1n) is 3.24. The maximum absolute atomic E-state index is 5.57. The average Bonchev–Trinajstić information content (AvgIpc) is 2.10. The summed E-state index contributed by atoms with van der Waals surface area (Å²) in [7, 11) is 0. The van der Waals surface area contributed by atoms with E-state index in [1.165, 1.54) is 6.42 Å². The van der Waals surface area contributed by atoms with Crippen molar-refractivity contribution in [3.05, 3.63) is 0 Å². The predicted octanol–water partition coefficient (Wildman–Crippen LogP) is 0.606. The van der Waals surface area contributed by atoms with Gasteiger partial charge in [0.1, 0.15) is 0 Å². The van der Waals surface area contributed by atoms with Crippen molar-refractivity contribution in [1.82, 2.24) is 0 Å². The third-order valence-corrected chi connectivity index (χ3v) is 4.43. The monoisotopic (exact) mass is 192 g/mol. The van der Waals surface area contributed by atoms with Gasteiger partial charge in [-0.05, 0) is 0 Å². The van der Waals surface area contributed by atoms with Crippen LogP contribution in [0.1, 0.15) is 20.3 Å². The molecule has 52 valence electrons. The quantitative estimate of drug-likeness (QED) is 0.606. The summed E-state index contributed by atoms with van der Waals surface area (Å²) in [5, 5.41) is 0. The van der Waals surface area contributed by atoms with Gasteiger partial charge in [-0.2, -0.15) is 0 Å². The summed E-state index contributed by atoms with van der Waals surface area (Å²) in [6, 6.07) is 0.495. The van der Waals surface area contributed by atoms with Gasteiger partial charge < -0.3 is 0 Å². The van der Waals surface area contributed by atoms with Crippen LogP contribution in [0.25, 0.3) is 0 Å².